The van der Waals surface area contributed by atoms with Crippen LogP contribution in [0.4, 0.5) is 0 Å². The summed E-state index contributed by atoms with van der Waals surface area (Å²) in [5.74, 6) is 0.181. The number of para-hydroxylation sites is 1. The van der Waals surface area contributed by atoms with Crippen LogP contribution in [0.15, 0.2) is 53.0 Å². The highest BCUT2D eigenvalue weighted by atomic mass is 79.9. The molecule has 2 N–H and O–H groups in total. The van der Waals surface area contributed by atoms with Gasteiger partial charge in [0.2, 0.25) is 0 Å². The number of nitrogens with one attached hydrogen (secondary N) is 2. The molecule has 2 aromatic carbocycles. The van der Waals surface area contributed by atoms with Crippen molar-refractivity contribution in [2.75, 3.05) is 0 Å². The second-order valence-corrected chi connectivity index (χ2v) is 6.88. The molecule has 0 spiro atoms. The van der Waals surface area contributed by atoms with E-state index in [1.807, 2.05) is 30.3 Å². The molecule has 6 heteroatoms. The van der Waals surface area contributed by atoms with Crippen molar-refractivity contribution in [3.05, 3.63) is 64.1 Å². The molecule has 2 rings (SSSR count). The summed E-state index contributed by atoms with van der Waals surface area (Å²) in [5.41, 5.74) is 6.31. The van der Waals surface area contributed by atoms with E-state index in [0.717, 1.165) is 12.0 Å². The summed E-state index contributed by atoms with van der Waals surface area (Å²) in [6.45, 7) is 5.87. The number of hydrogen-bond donors (Lipinski definition) is 2. The minimum Gasteiger partial charge on any atom is -0.481 e. The van der Waals surface area contributed by atoms with E-state index < -0.39 is 17.9 Å². The van der Waals surface area contributed by atoms with E-state index in [0.29, 0.717) is 21.7 Å². The maximum atomic E-state index is 12.3. The topological polar surface area (TPSA) is 67.4 Å². The highest BCUT2D eigenvalue weighted by Gasteiger charge is 2.19. The van der Waals surface area contributed by atoms with Crippen LogP contribution in [0, 0.1) is 0 Å². The number of benzene rings is 2. The number of halogens is 1. The first-order valence-corrected chi connectivity index (χ1v) is 9.33. The molecular weight excluding hydrogens is 396 g/mol. The van der Waals surface area contributed by atoms with E-state index in [9.17, 15) is 9.59 Å². The minimum atomic E-state index is -0.750. The largest absolute Gasteiger partial charge is 0.481 e. The normalized spacial score (nSPS) is 12.8. The SMILES string of the molecule is CCC(C)c1ccccc1OC(C)C(=O)NNC(=O)c1ccccc1Br. The van der Waals surface area contributed by atoms with Gasteiger partial charge in [-0.3, -0.25) is 20.4 Å². The summed E-state index contributed by atoms with van der Waals surface area (Å²) < 4.78 is 6.47. The van der Waals surface area contributed by atoms with E-state index in [1.165, 1.54) is 0 Å². The summed E-state index contributed by atoms with van der Waals surface area (Å²) in [5, 5.41) is 0. The Kier molecular flexibility index (Phi) is 7.21. The Hall–Kier alpha value is -2.34. The van der Waals surface area contributed by atoms with E-state index in [4.69, 9.17) is 4.74 Å². The number of carbonyl (C=O) groups is 2. The molecule has 0 aliphatic heterocycles. The van der Waals surface area contributed by atoms with Crippen LogP contribution < -0.4 is 15.6 Å². The maximum Gasteiger partial charge on any atom is 0.279 e. The first kappa shape index (κ1) is 20.0. The van der Waals surface area contributed by atoms with Crippen LogP contribution in [0.5, 0.6) is 5.75 Å². The average molecular weight is 419 g/mol. The number of hydrogen-bond acceptors (Lipinski definition) is 3. The lowest BCUT2D eigenvalue weighted by Crippen LogP contribution is -2.47. The Morgan fingerprint density at radius 3 is 2.38 bits per heavy atom. The van der Waals surface area contributed by atoms with Gasteiger partial charge in [0.1, 0.15) is 5.75 Å². The van der Waals surface area contributed by atoms with Crippen LogP contribution in [0.2, 0.25) is 0 Å². The van der Waals surface area contributed by atoms with Crippen molar-refractivity contribution in [2.24, 2.45) is 0 Å². The van der Waals surface area contributed by atoms with Crippen LogP contribution in [0.3, 0.4) is 0 Å². The molecule has 2 amide bonds. The fourth-order valence-electron chi connectivity index (χ4n) is 2.39. The number of ether oxygens (including phenoxy) is 1. The number of hydrazine groups is 1. The number of amides is 2. The maximum absolute atomic E-state index is 12.3. The molecule has 0 saturated carbocycles. The highest BCUT2D eigenvalue weighted by molar-refractivity contribution is 9.10. The summed E-state index contributed by atoms with van der Waals surface area (Å²) in [6.07, 6.45) is 0.225. The fraction of sp³-hybridized carbons (Fsp3) is 0.300. The Morgan fingerprint density at radius 1 is 1.04 bits per heavy atom. The van der Waals surface area contributed by atoms with Gasteiger partial charge in [-0.15, -0.1) is 0 Å². The molecule has 0 aliphatic carbocycles. The third kappa shape index (κ3) is 5.08. The molecular formula is C20H23BrN2O3. The van der Waals surface area contributed by atoms with Crippen LogP contribution in [-0.4, -0.2) is 17.9 Å². The van der Waals surface area contributed by atoms with Crippen LogP contribution >= 0.6 is 15.9 Å². The molecule has 2 aromatic rings. The molecule has 138 valence electrons. The summed E-state index contributed by atoms with van der Waals surface area (Å²) >= 11 is 3.31. The number of rotatable bonds is 6. The standard InChI is InChI=1S/C20H23BrN2O3/c1-4-13(2)15-9-6-8-12-18(15)26-14(3)19(24)22-23-20(25)16-10-5-7-11-17(16)21/h5-14H,4H2,1-3H3,(H,22,24)(H,23,25). The lowest BCUT2D eigenvalue weighted by molar-refractivity contribution is -0.128. The lowest BCUT2D eigenvalue weighted by Gasteiger charge is -2.19. The monoisotopic (exact) mass is 418 g/mol. The Bertz CT molecular complexity index is 779. The van der Waals surface area contributed by atoms with Gasteiger partial charge in [0, 0.05) is 4.47 Å². The third-order valence-electron chi connectivity index (χ3n) is 4.15. The number of carbonyl (C=O) groups excluding carboxylic acids is 2. The predicted octanol–water partition coefficient (Wildman–Crippen LogP) is 4.19. The van der Waals surface area contributed by atoms with Crippen molar-refractivity contribution >= 4 is 27.7 Å². The van der Waals surface area contributed by atoms with E-state index >= 15 is 0 Å². The average Bonchev–Trinajstić information content (AvgIpc) is 2.65. The van der Waals surface area contributed by atoms with Gasteiger partial charge in [-0.25, -0.2) is 0 Å². The van der Waals surface area contributed by atoms with Gasteiger partial charge in [0.15, 0.2) is 6.10 Å². The van der Waals surface area contributed by atoms with Crippen molar-refractivity contribution in [2.45, 2.75) is 39.2 Å². The molecule has 2 atom stereocenters. The fourth-order valence-corrected chi connectivity index (χ4v) is 2.86. The molecule has 0 aromatic heterocycles. The molecule has 2 unspecified atom stereocenters. The van der Waals surface area contributed by atoms with Crippen LogP contribution in [0.25, 0.3) is 0 Å². The third-order valence-corrected chi connectivity index (χ3v) is 4.84. The van der Waals surface area contributed by atoms with E-state index in [-0.39, 0.29) is 0 Å². The van der Waals surface area contributed by atoms with Gasteiger partial charge in [-0.05, 0) is 59.0 Å². The zero-order valence-corrected chi connectivity index (χ0v) is 16.7. The Morgan fingerprint density at radius 2 is 1.69 bits per heavy atom. The first-order valence-electron chi connectivity index (χ1n) is 8.54. The zero-order valence-electron chi connectivity index (χ0n) is 15.1. The summed E-state index contributed by atoms with van der Waals surface area (Å²) in [7, 11) is 0. The van der Waals surface area contributed by atoms with Crippen molar-refractivity contribution in [1.29, 1.82) is 0 Å². The van der Waals surface area contributed by atoms with E-state index in [1.54, 1.807) is 25.1 Å². The van der Waals surface area contributed by atoms with Gasteiger partial charge >= 0.3 is 0 Å². The molecule has 0 heterocycles. The van der Waals surface area contributed by atoms with Gasteiger partial charge in [-0.2, -0.15) is 0 Å². The first-order chi connectivity index (χ1) is 12.4. The van der Waals surface area contributed by atoms with Crippen molar-refractivity contribution in [3.63, 3.8) is 0 Å². The zero-order chi connectivity index (χ0) is 19.1. The van der Waals surface area contributed by atoms with Crippen LogP contribution in [0.1, 0.15) is 49.0 Å². The Labute approximate surface area is 162 Å². The molecule has 26 heavy (non-hydrogen) atoms. The molecule has 0 fully saturated rings. The van der Waals surface area contributed by atoms with Gasteiger partial charge < -0.3 is 4.74 Å². The second-order valence-electron chi connectivity index (χ2n) is 6.03. The van der Waals surface area contributed by atoms with Gasteiger partial charge in [0.25, 0.3) is 11.8 Å². The molecule has 0 radical (unpaired) electrons. The predicted molar refractivity (Wildman–Crippen MR) is 105 cm³/mol. The molecule has 0 aliphatic rings. The molecule has 0 bridgehead atoms. The Balaban J connectivity index is 1.96. The lowest BCUT2D eigenvalue weighted by atomic mass is 9.98. The van der Waals surface area contributed by atoms with Crippen molar-refractivity contribution in [3.8, 4) is 5.75 Å². The summed E-state index contributed by atoms with van der Waals surface area (Å²) in [4.78, 5) is 24.4. The van der Waals surface area contributed by atoms with Gasteiger partial charge in [0.05, 0.1) is 5.56 Å². The molecule has 0 saturated heterocycles. The minimum absolute atomic E-state index is 0.330. The smallest absolute Gasteiger partial charge is 0.279 e. The molecule has 5 nitrogen and oxygen atoms in total. The van der Waals surface area contributed by atoms with Gasteiger partial charge in [-0.1, -0.05) is 44.2 Å². The van der Waals surface area contributed by atoms with Crippen molar-refractivity contribution in [1.82, 2.24) is 10.9 Å². The highest BCUT2D eigenvalue weighted by Crippen LogP contribution is 2.29. The quantitative estimate of drug-likeness (QED) is 0.690. The van der Waals surface area contributed by atoms with Crippen LogP contribution in [-0.2, 0) is 4.79 Å². The second kappa shape index (κ2) is 9.38. The van der Waals surface area contributed by atoms with Crippen molar-refractivity contribution < 1.29 is 14.3 Å². The summed E-state index contributed by atoms with van der Waals surface area (Å²) in [6, 6.07) is 14.7. The van der Waals surface area contributed by atoms with E-state index in [2.05, 4.69) is 40.6 Å².